The van der Waals surface area contributed by atoms with Crippen molar-refractivity contribution < 1.29 is 24.2 Å². The zero-order valence-corrected chi connectivity index (χ0v) is 23.3. The smallest absolute Gasteiger partial charge is 0.338 e. The monoisotopic (exact) mass is 580 g/mol. The van der Waals surface area contributed by atoms with E-state index in [4.69, 9.17) is 10.5 Å². The van der Waals surface area contributed by atoms with E-state index in [0.717, 1.165) is 13.0 Å². The molecule has 0 aromatic heterocycles. The molecule has 3 atom stereocenters. The number of aliphatic hydroxyl groups is 1. The van der Waals surface area contributed by atoms with Crippen molar-refractivity contribution in [3.8, 4) is 0 Å². The summed E-state index contributed by atoms with van der Waals surface area (Å²) in [7, 11) is 0. The Hall–Kier alpha value is -3.33. The number of nitrogen functional groups attached to an aromatic ring is 1. The van der Waals surface area contributed by atoms with E-state index in [1.165, 1.54) is 13.0 Å². The van der Waals surface area contributed by atoms with Crippen molar-refractivity contribution in [1.29, 1.82) is 0 Å². The van der Waals surface area contributed by atoms with Gasteiger partial charge in [0.25, 0.3) is 0 Å². The number of carbonyl (C=O) groups excluding carboxylic acids is 3. The molecule has 3 aromatic rings. The van der Waals surface area contributed by atoms with Crippen LogP contribution >= 0.6 is 15.9 Å². The second-order valence-electron chi connectivity index (χ2n) is 9.26. The predicted octanol–water partition coefficient (Wildman–Crippen LogP) is 5.02. The number of benzene rings is 3. The minimum absolute atomic E-state index is 0.140. The van der Waals surface area contributed by atoms with Gasteiger partial charge in [0.1, 0.15) is 5.41 Å². The van der Waals surface area contributed by atoms with Crippen molar-refractivity contribution in [2.24, 2.45) is 0 Å². The Bertz CT molecular complexity index is 1280. The summed E-state index contributed by atoms with van der Waals surface area (Å²) in [5.41, 5.74) is 6.63. The van der Waals surface area contributed by atoms with Crippen LogP contribution in [0.5, 0.6) is 0 Å². The summed E-state index contributed by atoms with van der Waals surface area (Å²) in [6.07, 6.45) is -0.647. The number of aliphatic hydroxyl groups excluding tert-OH is 1. The van der Waals surface area contributed by atoms with Crippen LogP contribution in [-0.4, -0.2) is 41.9 Å². The summed E-state index contributed by atoms with van der Waals surface area (Å²) >= 11 is 3.40. The number of hydrogen-bond acceptors (Lipinski definition) is 7. The molecule has 0 fully saturated rings. The third-order valence-corrected chi connectivity index (χ3v) is 7.26. The summed E-state index contributed by atoms with van der Waals surface area (Å²) in [4.78, 5) is 40.8. The molecule has 0 aliphatic rings. The molecule has 38 heavy (non-hydrogen) atoms. The van der Waals surface area contributed by atoms with Crippen LogP contribution < -0.4 is 11.1 Å². The zero-order chi connectivity index (χ0) is 27.9. The average Bonchev–Trinajstić information content (AvgIpc) is 2.95. The zero-order valence-electron chi connectivity index (χ0n) is 21.7. The van der Waals surface area contributed by atoms with Crippen molar-refractivity contribution >= 4 is 39.2 Å². The van der Waals surface area contributed by atoms with E-state index < -0.39 is 35.7 Å². The van der Waals surface area contributed by atoms with E-state index in [1.807, 2.05) is 13.8 Å². The molecule has 0 amide bonds. The molecule has 7 nitrogen and oxygen atoms in total. The molecule has 0 saturated carbocycles. The summed E-state index contributed by atoms with van der Waals surface area (Å²) in [5, 5.41) is 13.5. The first-order valence-corrected chi connectivity index (χ1v) is 13.3. The number of anilines is 1. The minimum Gasteiger partial charge on any atom is -0.448 e. The van der Waals surface area contributed by atoms with Gasteiger partial charge < -0.3 is 20.9 Å². The molecule has 0 spiro atoms. The van der Waals surface area contributed by atoms with Crippen LogP contribution in [0, 0.1) is 0 Å². The molecular formula is C30H33BrN2O5. The van der Waals surface area contributed by atoms with E-state index in [9.17, 15) is 19.5 Å². The second-order valence-corrected chi connectivity index (χ2v) is 10.1. The molecule has 3 rings (SSSR count). The molecule has 4 N–H and O–H groups in total. The molecule has 0 aliphatic carbocycles. The number of hydrogen-bond donors (Lipinski definition) is 3. The Balaban J connectivity index is 1.96. The van der Waals surface area contributed by atoms with Gasteiger partial charge in [0.15, 0.2) is 17.7 Å². The van der Waals surface area contributed by atoms with Gasteiger partial charge in [-0.3, -0.25) is 9.59 Å². The highest BCUT2D eigenvalue weighted by atomic mass is 79.9. The molecule has 200 valence electrons. The fourth-order valence-corrected chi connectivity index (χ4v) is 4.79. The average molecular weight is 582 g/mol. The van der Waals surface area contributed by atoms with Crippen molar-refractivity contribution in [1.82, 2.24) is 5.32 Å². The standard InChI is InChI=1S/C30H33BrN2O5/c1-4-15-33-19(2)23-16-21(17-24(31)26(23)32)29(37)38-25(18-34)28(36)30(3,22-13-9-6-10-14-22)27(35)20-11-7-5-8-12-20/h5-14,16-17,19,25,33-34H,4,15,18,32H2,1-3H3. The highest BCUT2D eigenvalue weighted by molar-refractivity contribution is 9.10. The topological polar surface area (TPSA) is 119 Å². The van der Waals surface area contributed by atoms with E-state index in [0.29, 0.717) is 26.9 Å². The number of rotatable bonds is 12. The summed E-state index contributed by atoms with van der Waals surface area (Å²) in [6, 6.07) is 20.0. The quantitative estimate of drug-likeness (QED) is 0.119. The van der Waals surface area contributed by atoms with E-state index in [1.54, 1.807) is 66.7 Å². The molecule has 0 heterocycles. The van der Waals surface area contributed by atoms with Gasteiger partial charge in [0.2, 0.25) is 0 Å². The van der Waals surface area contributed by atoms with Gasteiger partial charge in [-0.15, -0.1) is 0 Å². The first-order valence-electron chi connectivity index (χ1n) is 12.5. The first-order chi connectivity index (χ1) is 18.1. The van der Waals surface area contributed by atoms with Crippen LogP contribution in [-0.2, 0) is 14.9 Å². The Morgan fingerprint density at radius 2 is 1.63 bits per heavy atom. The Kier molecular flexibility index (Phi) is 9.96. The fraction of sp³-hybridized carbons (Fsp3) is 0.300. The second kappa shape index (κ2) is 13.0. The lowest BCUT2D eigenvalue weighted by Gasteiger charge is -2.30. The third-order valence-electron chi connectivity index (χ3n) is 6.61. The number of Topliss-reactive ketones (excluding diaryl/α,β-unsaturated/α-hetero) is 2. The number of carbonyl (C=O) groups is 3. The summed E-state index contributed by atoms with van der Waals surface area (Å²) in [6.45, 7) is 5.46. The molecule has 0 aliphatic heterocycles. The lowest BCUT2D eigenvalue weighted by atomic mass is 9.71. The fourth-order valence-electron chi connectivity index (χ4n) is 4.31. The first kappa shape index (κ1) is 29.2. The molecule has 0 bridgehead atoms. The lowest BCUT2D eigenvalue weighted by molar-refractivity contribution is -0.133. The minimum atomic E-state index is -1.71. The van der Waals surface area contributed by atoms with Crippen molar-refractivity contribution in [2.45, 2.75) is 44.8 Å². The summed E-state index contributed by atoms with van der Waals surface area (Å²) < 4.78 is 6.05. The van der Waals surface area contributed by atoms with Gasteiger partial charge in [0, 0.05) is 16.1 Å². The van der Waals surface area contributed by atoms with Crippen LogP contribution in [0.2, 0.25) is 0 Å². The van der Waals surface area contributed by atoms with Gasteiger partial charge in [0.05, 0.1) is 17.9 Å². The highest BCUT2D eigenvalue weighted by Gasteiger charge is 2.47. The molecule has 0 saturated heterocycles. The van der Waals surface area contributed by atoms with Crippen molar-refractivity contribution in [2.75, 3.05) is 18.9 Å². The lowest BCUT2D eigenvalue weighted by Crippen LogP contribution is -2.49. The van der Waals surface area contributed by atoms with Crippen LogP contribution in [0.3, 0.4) is 0 Å². The van der Waals surface area contributed by atoms with Gasteiger partial charge >= 0.3 is 5.97 Å². The molecular weight excluding hydrogens is 548 g/mol. The van der Waals surface area contributed by atoms with Gasteiger partial charge in [-0.25, -0.2) is 4.79 Å². The van der Waals surface area contributed by atoms with Gasteiger partial charge in [-0.1, -0.05) is 67.6 Å². The Labute approximate surface area is 231 Å². The normalized spacial score (nSPS) is 14.2. The maximum Gasteiger partial charge on any atom is 0.338 e. The van der Waals surface area contributed by atoms with Gasteiger partial charge in [-0.2, -0.15) is 0 Å². The van der Waals surface area contributed by atoms with Gasteiger partial charge in [-0.05, 0) is 66.0 Å². The Morgan fingerprint density at radius 1 is 1.03 bits per heavy atom. The largest absolute Gasteiger partial charge is 0.448 e. The number of ketones is 2. The maximum atomic E-state index is 13.9. The predicted molar refractivity (Wildman–Crippen MR) is 151 cm³/mol. The SMILES string of the molecule is CCCNC(C)c1cc(C(=O)OC(CO)C(=O)C(C)(C(=O)c2ccccc2)c2ccccc2)cc(Br)c1N. The number of nitrogens with two attached hydrogens (primary N) is 1. The van der Waals surface area contributed by atoms with E-state index in [-0.39, 0.29) is 11.6 Å². The van der Waals surface area contributed by atoms with Crippen molar-refractivity contribution in [3.63, 3.8) is 0 Å². The molecule has 8 heteroatoms. The highest BCUT2D eigenvalue weighted by Crippen LogP contribution is 2.33. The molecule has 3 unspecified atom stereocenters. The van der Waals surface area contributed by atoms with Crippen LogP contribution in [0.1, 0.15) is 65.1 Å². The van der Waals surface area contributed by atoms with E-state index >= 15 is 0 Å². The summed E-state index contributed by atoms with van der Waals surface area (Å²) in [5.74, 6) is -2.00. The third kappa shape index (κ3) is 6.20. The van der Waals surface area contributed by atoms with Crippen LogP contribution in [0.4, 0.5) is 5.69 Å². The number of esters is 1. The molecule has 3 aromatic carbocycles. The number of nitrogens with one attached hydrogen (secondary N) is 1. The number of ether oxygens (including phenoxy) is 1. The number of halogens is 1. The van der Waals surface area contributed by atoms with Crippen molar-refractivity contribution in [3.05, 3.63) is 99.5 Å². The van der Waals surface area contributed by atoms with Crippen LogP contribution in [0.25, 0.3) is 0 Å². The molecule has 0 radical (unpaired) electrons. The van der Waals surface area contributed by atoms with Crippen LogP contribution in [0.15, 0.2) is 77.3 Å². The Morgan fingerprint density at radius 3 is 2.21 bits per heavy atom. The van der Waals surface area contributed by atoms with E-state index in [2.05, 4.69) is 21.2 Å². The maximum absolute atomic E-state index is 13.9.